The number of hydrogen-bond donors (Lipinski definition) is 6. The largest absolute Gasteiger partial charge is 0.417 e. The average Bonchev–Trinajstić information content (AvgIpc) is 3.68. The first-order chi connectivity index (χ1) is 23.6. The van der Waals surface area contributed by atoms with Gasteiger partial charge in [-0.05, 0) is 91.9 Å². The molecule has 4 aromatic rings. The number of carbonyl (C=O) groups is 4. The predicted octanol–water partition coefficient (Wildman–Crippen LogP) is 3.71. The number of fused-ring (bicyclic) bond motifs is 1. The summed E-state index contributed by atoms with van der Waals surface area (Å²) < 4.78 is 19.4. The van der Waals surface area contributed by atoms with Gasteiger partial charge in [0.1, 0.15) is 12.1 Å². The first-order valence-electron chi connectivity index (χ1n) is 16.5. The van der Waals surface area contributed by atoms with Gasteiger partial charge in [0.25, 0.3) is 5.91 Å². The van der Waals surface area contributed by atoms with E-state index >= 15 is 0 Å². The molecular weight excluding hydrogens is 667 g/mol. The van der Waals surface area contributed by atoms with E-state index in [0.717, 1.165) is 41.2 Å². The molecule has 1 aliphatic carbocycles. The van der Waals surface area contributed by atoms with Crippen LogP contribution in [0.2, 0.25) is 0 Å². The lowest BCUT2D eigenvalue weighted by atomic mass is 9.81. The lowest BCUT2D eigenvalue weighted by Crippen LogP contribution is -2.48. The highest BCUT2D eigenvalue weighted by Gasteiger charge is 2.30. The number of nitrogens with one attached hydrogen (secondary N) is 5. The topological polar surface area (TPSA) is 188 Å². The van der Waals surface area contributed by atoms with Crippen molar-refractivity contribution in [1.29, 1.82) is 0 Å². The third kappa shape index (κ3) is 8.23. The maximum atomic E-state index is 14.6. The maximum Gasteiger partial charge on any atom is 0.417 e. The smallest absolute Gasteiger partial charge is 0.405 e. The number of aromatic amines is 1. The highest BCUT2D eigenvalue weighted by molar-refractivity contribution is 5.99. The Hall–Kier alpha value is -5.01. The summed E-state index contributed by atoms with van der Waals surface area (Å²) in [6.07, 6.45) is 3.77. The van der Waals surface area contributed by atoms with Crippen molar-refractivity contribution in [2.75, 3.05) is 18.4 Å². The SMILES string of the molecule is Cc1cc(C(=O)N[C@H]2CCNC2=O)ccc1-c1ccc(C[C@H](NC(=O)[C@H]2CC[C@H](CN)CC2)C(=O)Nc2cc(F)c3oc(=O)[nH]c3c2)cc1.Cl. The molecule has 0 spiro atoms. The first-order valence-corrected chi connectivity index (χ1v) is 16.5. The number of benzene rings is 3. The van der Waals surface area contributed by atoms with Crippen LogP contribution in [0.15, 0.2) is 63.8 Å². The summed E-state index contributed by atoms with van der Waals surface area (Å²) in [6, 6.07) is 13.8. The zero-order valence-electron chi connectivity index (χ0n) is 27.5. The highest BCUT2D eigenvalue weighted by Crippen LogP contribution is 2.29. The van der Waals surface area contributed by atoms with E-state index in [-0.39, 0.29) is 59.3 Å². The van der Waals surface area contributed by atoms with Crippen molar-refractivity contribution in [2.45, 2.75) is 57.5 Å². The summed E-state index contributed by atoms with van der Waals surface area (Å²) in [5.74, 6) is -2.75. The van der Waals surface area contributed by atoms with Crippen molar-refractivity contribution in [3.8, 4) is 11.1 Å². The minimum Gasteiger partial charge on any atom is -0.405 e. The Labute approximate surface area is 293 Å². The molecular formula is C36H40ClFN6O6. The van der Waals surface area contributed by atoms with Crippen molar-refractivity contribution in [3.63, 3.8) is 0 Å². The van der Waals surface area contributed by atoms with Crippen LogP contribution in [0.5, 0.6) is 0 Å². The lowest BCUT2D eigenvalue weighted by molar-refractivity contribution is -0.130. The van der Waals surface area contributed by atoms with Gasteiger partial charge in [0.15, 0.2) is 11.4 Å². The van der Waals surface area contributed by atoms with E-state index in [1.807, 2.05) is 37.3 Å². The van der Waals surface area contributed by atoms with E-state index in [0.29, 0.717) is 43.8 Å². The number of aromatic nitrogens is 1. The number of oxazole rings is 1. The van der Waals surface area contributed by atoms with Crippen LogP contribution in [-0.2, 0) is 20.8 Å². The zero-order valence-corrected chi connectivity index (χ0v) is 28.3. The standard InChI is InChI=1S/C36H39FN6O6.ClH/c1-19-14-24(33(45)41-28-12-13-39-34(28)46)10-11-26(19)22-6-2-20(3-7-22)15-30(42-32(44)23-8-4-21(18-38)5-9-23)35(47)40-25-16-27(37)31-29(17-25)43-36(48)49-31;/h2-3,6-7,10-11,14,16-17,21,23,28,30H,4-5,8-9,12-13,15,18,38H2,1H3,(H,39,46)(H,40,47)(H,41,45)(H,42,44)(H,43,48);1H/t21-,23-,28-,30-;/m0./s1. The number of rotatable bonds is 10. The molecule has 0 radical (unpaired) electrons. The Morgan fingerprint density at radius 1 is 1.00 bits per heavy atom. The van der Waals surface area contributed by atoms with Crippen LogP contribution in [-0.4, -0.2) is 53.8 Å². The third-order valence-corrected chi connectivity index (χ3v) is 9.47. The molecule has 4 amide bonds. The molecule has 0 unspecified atom stereocenters. The van der Waals surface area contributed by atoms with Crippen molar-refractivity contribution < 1.29 is 28.0 Å². The van der Waals surface area contributed by atoms with Crippen molar-refractivity contribution >= 4 is 52.8 Å². The second kappa shape index (κ2) is 15.7. The Morgan fingerprint density at radius 2 is 1.74 bits per heavy atom. The van der Waals surface area contributed by atoms with E-state index in [2.05, 4.69) is 26.3 Å². The molecule has 2 atom stereocenters. The van der Waals surface area contributed by atoms with Gasteiger partial charge in [-0.15, -0.1) is 12.4 Å². The number of aryl methyl sites for hydroxylation is 1. The number of anilines is 1. The number of H-pyrrole nitrogens is 1. The summed E-state index contributed by atoms with van der Waals surface area (Å²) in [4.78, 5) is 65.6. The lowest BCUT2D eigenvalue weighted by Gasteiger charge is -2.28. The fraction of sp³-hybridized carbons (Fsp3) is 0.361. The zero-order chi connectivity index (χ0) is 34.7. The van der Waals surface area contributed by atoms with E-state index in [1.165, 1.54) is 6.07 Å². The number of carbonyl (C=O) groups excluding carboxylic acids is 4. The van der Waals surface area contributed by atoms with Crippen molar-refractivity contribution in [1.82, 2.24) is 20.9 Å². The van der Waals surface area contributed by atoms with Crippen LogP contribution in [0, 0.1) is 24.6 Å². The minimum absolute atomic E-state index is 0. The predicted molar refractivity (Wildman–Crippen MR) is 188 cm³/mol. The summed E-state index contributed by atoms with van der Waals surface area (Å²) >= 11 is 0. The van der Waals surface area contributed by atoms with Gasteiger partial charge in [0.2, 0.25) is 17.7 Å². The van der Waals surface area contributed by atoms with Crippen LogP contribution in [0.25, 0.3) is 22.2 Å². The van der Waals surface area contributed by atoms with E-state index in [9.17, 15) is 28.4 Å². The highest BCUT2D eigenvalue weighted by atomic mass is 35.5. The van der Waals surface area contributed by atoms with Gasteiger partial charge in [-0.3, -0.25) is 24.2 Å². The normalized spacial score (nSPS) is 19.3. The van der Waals surface area contributed by atoms with Crippen LogP contribution >= 0.6 is 12.4 Å². The summed E-state index contributed by atoms with van der Waals surface area (Å²) in [5.41, 5.74) is 9.68. The molecule has 1 saturated carbocycles. The average molecular weight is 707 g/mol. The Kier molecular flexibility index (Phi) is 11.4. The molecule has 12 nitrogen and oxygen atoms in total. The molecule has 6 rings (SSSR count). The molecule has 14 heteroatoms. The van der Waals surface area contributed by atoms with Gasteiger partial charge >= 0.3 is 5.76 Å². The van der Waals surface area contributed by atoms with Gasteiger partial charge in [0, 0.05) is 36.2 Å². The summed E-state index contributed by atoms with van der Waals surface area (Å²) in [6.45, 7) is 3.02. The van der Waals surface area contributed by atoms with Crippen molar-refractivity contribution in [3.05, 3.63) is 87.7 Å². The van der Waals surface area contributed by atoms with Crippen LogP contribution in [0.4, 0.5) is 10.1 Å². The molecule has 3 aromatic carbocycles. The Morgan fingerprint density at radius 3 is 2.40 bits per heavy atom. The van der Waals surface area contributed by atoms with Gasteiger partial charge in [-0.2, -0.15) is 0 Å². The molecule has 1 saturated heterocycles. The maximum absolute atomic E-state index is 14.6. The van der Waals surface area contributed by atoms with Gasteiger partial charge in [-0.1, -0.05) is 30.3 Å². The number of nitrogens with two attached hydrogens (primary N) is 1. The second-order valence-electron chi connectivity index (χ2n) is 12.9. The number of halogens is 2. The van der Waals surface area contributed by atoms with Crippen LogP contribution in [0.1, 0.15) is 53.6 Å². The summed E-state index contributed by atoms with van der Waals surface area (Å²) in [7, 11) is 0. The molecule has 2 aliphatic rings. The fourth-order valence-corrected chi connectivity index (χ4v) is 6.64. The summed E-state index contributed by atoms with van der Waals surface area (Å²) in [5, 5.41) is 11.1. The molecule has 0 bridgehead atoms. The minimum atomic E-state index is -0.978. The van der Waals surface area contributed by atoms with Crippen molar-refractivity contribution in [2.24, 2.45) is 17.6 Å². The number of hydrogen-bond acceptors (Lipinski definition) is 7. The second-order valence-corrected chi connectivity index (χ2v) is 12.9. The molecule has 2 fully saturated rings. The Bertz CT molecular complexity index is 1950. The Balaban J connectivity index is 0.00000486. The number of amides is 4. The van der Waals surface area contributed by atoms with E-state index < -0.39 is 29.6 Å². The van der Waals surface area contributed by atoms with Gasteiger partial charge in [-0.25, -0.2) is 9.18 Å². The quantitative estimate of drug-likeness (QED) is 0.145. The van der Waals surface area contributed by atoms with E-state index in [4.69, 9.17) is 10.2 Å². The first kappa shape index (κ1) is 36.3. The monoisotopic (exact) mass is 706 g/mol. The van der Waals surface area contributed by atoms with E-state index in [1.54, 1.807) is 12.1 Å². The van der Waals surface area contributed by atoms with Gasteiger partial charge < -0.3 is 31.4 Å². The molecule has 2 heterocycles. The molecule has 7 N–H and O–H groups in total. The van der Waals surface area contributed by atoms with Crippen LogP contribution < -0.4 is 32.8 Å². The van der Waals surface area contributed by atoms with Crippen LogP contribution in [0.3, 0.4) is 0 Å². The molecule has 264 valence electrons. The fourth-order valence-electron chi connectivity index (χ4n) is 6.64. The molecule has 1 aromatic heterocycles. The molecule has 50 heavy (non-hydrogen) atoms. The molecule has 1 aliphatic heterocycles. The van der Waals surface area contributed by atoms with Gasteiger partial charge in [0.05, 0.1) is 5.52 Å². The third-order valence-electron chi connectivity index (χ3n) is 9.47.